The Morgan fingerprint density at radius 2 is 1.84 bits per heavy atom. The van der Waals surface area contributed by atoms with Gasteiger partial charge in [0.2, 0.25) is 5.91 Å². The Bertz CT molecular complexity index is 868. The van der Waals surface area contributed by atoms with E-state index in [0.717, 1.165) is 22.3 Å². The van der Waals surface area contributed by atoms with Crippen molar-refractivity contribution in [1.82, 2.24) is 10.4 Å². The largest absolute Gasteiger partial charge is 0.285 e. The lowest BCUT2D eigenvalue weighted by molar-refractivity contribution is -0.132. The summed E-state index contributed by atoms with van der Waals surface area (Å²) in [5.41, 5.74) is 3.62. The van der Waals surface area contributed by atoms with E-state index in [9.17, 15) is 14.0 Å². The van der Waals surface area contributed by atoms with E-state index in [1.54, 1.807) is 18.2 Å². The molecule has 0 unspecified atom stereocenters. The Balaban J connectivity index is 1.71. The van der Waals surface area contributed by atoms with Crippen LogP contribution in [0.15, 0.2) is 59.5 Å². The number of thiocarbonyl (C=S) groups is 1. The van der Waals surface area contributed by atoms with Crippen molar-refractivity contribution in [1.29, 1.82) is 0 Å². The summed E-state index contributed by atoms with van der Waals surface area (Å²) >= 11 is 6.17. The lowest BCUT2D eigenvalue weighted by atomic mass is 10.1. The molecule has 0 aliphatic carbocycles. The molecule has 2 amide bonds. The monoisotopic (exact) mass is 372 g/mol. The highest BCUT2D eigenvalue weighted by molar-refractivity contribution is 8.26. The fourth-order valence-electron chi connectivity index (χ4n) is 2.24. The summed E-state index contributed by atoms with van der Waals surface area (Å²) in [5, 5.41) is 1.03. The summed E-state index contributed by atoms with van der Waals surface area (Å²) in [7, 11) is 0. The molecule has 2 aromatic carbocycles. The zero-order valence-corrected chi connectivity index (χ0v) is 14.6. The number of hydrogen-bond acceptors (Lipinski definition) is 4. The Hall–Kier alpha value is -2.51. The number of amides is 2. The third-order valence-corrected chi connectivity index (χ3v) is 4.73. The molecule has 0 aromatic heterocycles. The maximum absolute atomic E-state index is 13.7. The molecule has 1 saturated heterocycles. The van der Waals surface area contributed by atoms with Crippen LogP contribution >= 0.6 is 24.0 Å². The predicted molar refractivity (Wildman–Crippen MR) is 99.7 cm³/mol. The average Bonchev–Trinajstić information content (AvgIpc) is 2.85. The summed E-state index contributed by atoms with van der Waals surface area (Å²) in [6, 6.07) is 15.3. The van der Waals surface area contributed by atoms with Gasteiger partial charge in [-0.3, -0.25) is 15.0 Å². The van der Waals surface area contributed by atoms with Crippen molar-refractivity contribution in [2.45, 2.75) is 6.42 Å². The van der Waals surface area contributed by atoms with Gasteiger partial charge in [-0.1, -0.05) is 60.3 Å². The van der Waals surface area contributed by atoms with E-state index in [4.69, 9.17) is 12.2 Å². The number of nitrogens with zero attached hydrogens (tertiary/aromatic N) is 1. The molecule has 1 N–H and O–H groups in total. The van der Waals surface area contributed by atoms with Gasteiger partial charge in [0, 0.05) is 5.56 Å². The first-order chi connectivity index (χ1) is 12.0. The molecule has 126 valence electrons. The van der Waals surface area contributed by atoms with Gasteiger partial charge in [-0.05, 0) is 29.9 Å². The van der Waals surface area contributed by atoms with E-state index in [1.807, 2.05) is 30.3 Å². The van der Waals surface area contributed by atoms with Crippen LogP contribution in [-0.4, -0.2) is 21.1 Å². The van der Waals surface area contributed by atoms with Gasteiger partial charge in [0.15, 0.2) is 4.32 Å². The molecule has 1 aliphatic rings. The van der Waals surface area contributed by atoms with Crippen LogP contribution in [0.25, 0.3) is 6.08 Å². The SMILES string of the molecule is O=C(Cc1ccccc1)NN1C(=O)/C(=C/c2ccccc2F)SC1=S. The zero-order valence-electron chi connectivity index (χ0n) is 12.9. The molecule has 3 rings (SSSR count). The number of carbonyl (C=O) groups excluding carboxylic acids is 2. The first kappa shape index (κ1) is 17.3. The smallest absolute Gasteiger partial charge is 0.273 e. The standard InChI is InChI=1S/C18H13FN2O2S2/c19-14-9-5-4-8-13(14)11-15-17(23)21(18(24)25-15)20-16(22)10-12-6-2-1-3-7-12/h1-9,11H,10H2,(H,20,22)/b15-11-. The molecule has 25 heavy (non-hydrogen) atoms. The molecular formula is C18H13FN2O2S2. The molecule has 0 saturated carbocycles. The normalized spacial score (nSPS) is 15.7. The molecule has 2 aromatic rings. The zero-order chi connectivity index (χ0) is 17.8. The minimum Gasteiger partial charge on any atom is -0.273 e. The van der Waals surface area contributed by atoms with E-state index < -0.39 is 11.7 Å². The van der Waals surface area contributed by atoms with E-state index in [0.29, 0.717) is 5.56 Å². The predicted octanol–water partition coefficient (Wildman–Crippen LogP) is 3.30. The maximum atomic E-state index is 13.7. The van der Waals surface area contributed by atoms with Crippen molar-refractivity contribution in [2.75, 3.05) is 0 Å². The van der Waals surface area contributed by atoms with Crippen molar-refractivity contribution in [2.24, 2.45) is 0 Å². The van der Waals surface area contributed by atoms with E-state index in [2.05, 4.69) is 5.43 Å². The van der Waals surface area contributed by atoms with Crippen LogP contribution in [0.3, 0.4) is 0 Å². The molecular weight excluding hydrogens is 359 g/mol. The molecule has 0 bridgehead atoms. The lowest BCUT2D eigenvalue weighted by Crippen LogP contribution is -2.45. The van der Waals surface area contributed by atoms with E-state index in [1.165, 1.54) is 12.1 Å². The van der Waals surface area contributed by atoms with Gasteiger partial charge in [0.1, 0.15) is 5.82 Å². The van der Waals surface area contributed by atoms with Crippen molar-refractivity contribution < 1.29 is 14.0 Å². The average molecular weight is 372 g/mol. The third-order valence-electron chi connectivity index (χ3n) is 3.43. The van der Waals surface area contributed by atoms with Crippen LogP contribution in [-0.2, 0) is 16.0 Å². The quantitative estimate of drug-likeness (QED) is 0.661. The molecule has 0 atom stereocenters. The van der Waals surface area contributed by atoms with Gasteiger partial charge >= 0.3 is 0 Å². The fourth-order valence-corrected chi connectivity index (χ4v) is 3.41. The van der Waals surface area contributed by atoms with Crippen molar-refractivity contribution in [3.63, 3.8) is 0 Å². The van der Waals surface area contributed by atoms with Gasteiger partial charge in [-0.15, -0.1) is 0 Å². The first-order valence-electron chi connectivity index (χ1n) is 7.40. The summed E-state index contributed by atoms with van der Waals surface area (Å²) in [6.45, 7) is 0. The highest BCUT2D eigenvalue weighted by Gasteiger charge is 2.33. The first-order valence-corrected chi connectivity index (χ1v) is 8.63. The van der Waals surface area contributed by atoms with Crippen LogP contribution < -0.4 is 5.43 Å². The fraction of sp³-hybridized carbons (Fsp3) is 0.0556. The van der Waals surface area contributed by atoms with Gasteiger partial charge in [-0.2, -0.15) is 5.01 Å². The second-order valence-corrected chi connectivity index (χ2v) is 6.91. The molecule has 0 spiro atoms. The Morgan fingerprint density at radius 1 is 1.16 bits per heavy atom. The number of rotatable bonds is 4. The molecule has 1 fully saturated rings. The van der Waals surface area contributed by atoms with Crippen LogP contribution in [0.1, 0.15) is 11.1 Å². The van der Waals surface area contributed by atoms with Crippen molar-refractivity contribution in [3.05, 3.63) is 76.4 Å². The van der Waals surface area contributed by atoms with Crippen LogP contribution in [0.2, 0.25) is 0 Å². The molecule has 1 heterocycles. The van der Waals surface area contributed by atoms with Crippen molar-refractivity contribution in [3.8, 4) is 0 Å². The summed E-state index contributed by atoms with van der Waals surface area (Å²) < 4.78 is 13.9. The molecule has 1 aliphatic heterocycles. The third kappa shape index (κ3) is 4.12. The minimum atomic E-state index is -0.473. The topological polar surface area (TPSA) is 49.4 Å². The van der Waals surface area contributed by atoms with Gasteiger partial charge in [-0.25, -0.2) is 4.39 Å². The Labute approximate surface area is 153 Å². The molecule has 7 heteroatoms. The van der Waals surface area contributed by atoms with Crippen LogP contribution in [0, 0.1) is 5.82 Å². The van der Waals surface area contributed by atoms with Crippen LogP contribution in [0.5, 0.6) is 0 Å². The number of hydrazine groups is 1. The number of hydrogen-bond donors (Lipinski definition) is 1. The Kier molecular flexibility index (Phi) is 5.25. The summed E-state index contributed by atoms with van der Waals surface area (Å²) in [4.78, 5) is 24.8. The van der Waals surface area contributed by atoms with Crippen molar-refractivity contribution >= 4 is 46.2 Å². The second kappa shape index (κ2) is 7.58. The Morgan fingerprint density at radius 3 is 2.56 bits per heavy atom. The number of carbonyl (C=O) groups is 2. The highest BCUT2D eigenvalue weighted by Crippen LogP contribution is 2.31. The minimum absolute atomic E-state index is 0.129. The van der Waals surface area contributed by atoms with Crippen LogP contribution in [0.4, 0.5) is 4.39 Å². The second-order valence-electron chi connectivity index (χ2n) is 5.24. The molecule has 0 radical (unpaired) electrons. The van der Waals surface area contributed by atoms with E-state index >= 15 is 0 Å². The number of halogens is 1. The highest BCUT2D eigenvalue weighted by atomic mass is 32.2. The van der Waals surface area contributed by atoms with E-state index in [-0.39, 0.29) is 21.6 Å². The number of benzene rings is 2. The number of thioether (sulfide) groups is 1. The number of nitrogens with one attached hydrogen (secondary N) is 1. The summed E-state index contributed by atoms with van der Waals surface area (Å²) in [5.74, 6) is -1.25. The maximum Gasteiger partial charge on any atom is 0.285 e. The summed E-state index contributed by atoms with van der Waals surface area (Å²) in [6.07, 6.45) is 1.56. The van der Waals surface area contributed by atoms with Gasteiger partial charge in [0.25, 0.3) is 5.91 Å². The van der Waals surface area contributed by atoms with Gasteiger partial charge in [0.05, 0.1) is 11.3 Å². The lowest BCUT2D eigenvalue weighted by Gasteiger charge is -2.15. The van der Waals surface area contributed by atoms with Gasteiger partial charge < -0.3 is 0 Å². The molecule has 4 nitrogen and oxygen atoms in total.